The first kappa shape index (κ1) is 20.6. The Morgan fingerprint density at radius 1 is 1.11 bits per heavy atom. The van der Waals surface area contributed by atoms with Gasteiger partial charge in [0.25, 0.3) is 11.8 Å². The Labute approximate surface area is 161 Å². The summed E-state index contributed by atoms with van der Waals surface area (Å²) in [4.78, 5) is 23.7. The van der Waals surface area contributed by atoms with Crippen LogP contribution >= 0.6 is 11.3 Å². The molecule has 142 valence electrons. The van der Waals surface area contributed by atoms with Gasteiger partial charge in [-0.15, -0.1) is 24.5 Å². The van der Waals surface area contributed by atoms with Gasteiger partial charge in [-0.05, 0) is 35.7 Å². The van der Waals surface area contributed by atoms with E-state index in [-0.39, 0.29) is 29.1 Å². The Kier molecular flexibility index (Phi) is 6.67. The summed E-state index contributed by atoms with van der Waals surface area (Å²) >= 11 is 1.17. The zero-order chi connectivity index (χ0) is 20.0. The molecule has 0 fully saturated rings. The minimum absolute atomic E-state index is 0.0525. The first-order valence-corrected chi connectivity index (χ1v) is 10.1. The highest BCUT2D eigenvalue weighted by Crippen LogP contribution is 2.24. The number of amides is 2. The number of nitrogens with two attached hydrogens (primary N) is 1. The number of rotatable bonds is 9. The van der Waals surface area contributed by atoms with Gasteiger partial charge in [-0.25, -0.2) is 8.42 Å². The Balaban J connectivity index is 2.22. The standard InChI is InChI=1S/C18H19N3O4S2/c1-3-10-21(11-4-2)27(24,25)14-7-5-13(6-8-14)17(23)20-18-15(16(19)22)9-12-26-18/h3-9,12H,1-2,10-11H2,(H2,19,22)(H,20,23). The van der Waals surface area contributed by atoms with Crippen molar-refractivity contribution in [3.63, 3.8) is 0 Å². The number of thiophene rings is 1. The van der Waals surface area contributed by atoms with Crippen molar-refractivity contribution in [2.75, 3.05) is 18.4 Å². The van der Waals surface area contributed by atoms with E-state index in [4.69, 9.17) is 5.73 Å². The van der Waals surface area contributed by atoms with E-state index in [9.17, 15) is 18.0 Å². The second-order valence-corrected chi connectivity index (χ2v) is 8.26. The first-order valence-electron chi connectivity index (χ1n) is 7.82. The van der Waals surface area contributed by atoms with Crippen LogP contribution in [-0.4, -0.2) is 37.6 Å². The van der Waals surface area contributed by atoms with Gasteiger partial charge in [-0.3, -0.25) is 9.59 Å². The number of sulfonamides is 1. The lowest BCUT2D eigenvalue weighted by molar-refractivity contribution is 0.100. The van der Waals surface area contributed by atoms with Gasteiger partial charge in [0, 0.05) is 18.7 Å². The van der Waals surface area contributed by atoms with E-state index < -0.39 is 21.8 Å². The number of nitrogens with zero attached hydrogens (tertiary/aromatic N) is 1. The molecule has 9 heteroatoms. The van der Waals surface area contributed by atoms with Gasteiger partial charge in [-0.1, -0.05) is 12.2 Å². The van der Waals surface area contributed by atoms with Crippen molar-refractivity contribution in [3.8, 4) is 0 Å². The van der Waals surface area contributed by atoms with Gasteiger partial charge >= 0.3 is 0 Å². The third-order valence-electron chi connectivity index (χ3n) is 3.58. The first-order chi connectivity index (χ1) is 12.8. The van der Waals surface area contributed by atoms with Crippen LogP contribution in [-0.2, 0) is 10.0 Å². The number of carbonyl (C=O) groups is 2. The molecule has 0 bridgehead atoms. The number of anilines is 1. The topological polar surface area (TPSA) is 110 Å². The number of carbonyl (C=O) groups excluding carboxylic acids is 2. The molecule has 0 unspecified atom stereocenters. The zero-order valence-electron chi connectivity index (χ0n) is 14.4. The minimum atomic E-state index is -3.74. The Bertz CT molecular complexity index is 953. The van der Waals surface area contributed by atoms with E-state index >= 15 is 0 Å². The van der Waals surface area contributed by atoms with Crippen molar-refractivity contribution >= 4 is 38.2 Å². The highest BCUT2D eigenvalue weighted by Gasteiger charge is 2.23. The molecule has 27 heavy (non-hydrogen) atoms. The fourth-order valence-corrected chi connectivity index (χ4v) is 4.43. The van der Waals surface area contributed by atoms with E-state index in [1.54, 1.807) is 5.38 Å². The highest BCUT2D eigenvalue weighted by atomic mass is 32.2. The second-order valence-electron chi connectivity index (χ2n) is 5.41. The van der Waals surface area contributed by atoms with Gasteiger partial charge < -0.3 is 11.1 Å². The molecule has 0 aliphatic heterocycles. The summed E-state index contributed by atoms with van der Waals surface area (Å²) in [6, 6.07) is 7.03. The third-order valence-corrected chi connectivity index (χ3v) is 6.25. The molecule has 0 spiro atoms. The van der Waals surface area contributed by atoms with E-state index in [2.05, 4.69) is 18.5 Å². The molecule has 1 aromatic carbocycles. The van der Waals surface area contributed by atoms with Crippen LogP contribution in [0.5, 0.6) is 0 Å². The summed E-state index contributed by atoms with van der Waals surface area (Å²) in [6.45, 7) is 7.40. The number of primary amides is 1. The molecule has 3 N–H and O–H groups in total. The van der Waals surface area contributed by atoms with Gasteiger partial charge in [0.15, 0.2) is 0 Å². The Morgan fingerprint density at radius 3 is 2.22 bits per heavy atom. The van der Waals surface area contributed by atoms with Crippen molar-refractivity contribution in [1.29, 1.82) is 0 Å². The summed E-state index contributed by atoms with van der Waals surface area (Å²) in [5.74, 6) is -1.12. The van der Waals surface area contributed by atoms with Crippen LogP contribution in [0.4, 0.5) is 5.00 Å². The number of hydrogen-bond donors (Lipinski definition) is 2. The van der Waals surface area contributed by atoms with Crippen LogP contribution in [0.25, 0.3) is 0 Å². The van der Waals surface area contributed by atoms with Crippen LogP contribution in [0.1, 0.15) is 20.7 Å². The molecule has 2 amide bonds. The SMILES string of the molecule is C=CCN(CC=C)S(=O)(=O)c1ccc(C(=O)Nc2sccc2C(N)=O)cc1. The minimum Gasteiger partial charge on any atom is -0.366 e. The maximum Gasteiger partial charge on any atom is 0.256 e. The lowest BCUT2D eigenvalue weighted by atomic mass is 10.2. The zero-order valence-corrected chi connectivity index (χ0v) is 16.1. The lowest BCUT2D eigenvalue weighted by Crippen LogP contribution is -2.31. The number of benzene rings is 1. The molecule has 0 saturated heterocycles. The molecule has 0 atom stereocenters. The van der Waals surface area contributed by atoms with Gasteiger partial charge in [0.1, 0.15) is 5.00 Å². The van der Waals surface area contributed by atoms with Crippen LogP contribution in [0.15, 0.2) is 65.9 Å². The van der Waals surface area contributed by atoms with Crippen molar-refractivity contribution in [3.05, 3.63) is 72.1 Å². The molecule has 0 radical (unpaired) electrons. The monoisotopic (exact) mass is 405 g/mol. The van der Waals surface area contributed by atoms with Crippen molar-refractivity contribution in [2.45, 2.75) is 4.90 Å². The van der Waals surface area contributed by atoms with Crippen LogP contribution in [0.3, 0.4) is 0 Å². The molecule has 2 rings (SSSR count). The summed E-state index contributed by atoms with van der Waals surface area (Å²) in [5.41, 5.74) is 5.72. The predicted molar refractivity (Wildman–Crippen MR) is 106 cm³/mol. The Morgan fingerprint density at radius 2 is 1.70 bits per heavy atom. The van der Waals surface area contributed by atoms with Crippen LogP contribution in [0, 0.1) is 0 Å². The van der Waals surface area contributed by atoms with E-state index in [1.165, 1.54) is 58.1 Å². The number of nitrogens with one attached hydrogen (secondary N) is 1. The average molecular weight is 406 g/mol. The summed E-state index contributed by atoms with van der Waals surface area (Å²) < 4.78 is 26.5. The number of hydrogen-bond acceptors (Lipinski definition) is 5. The summed E-state index contributed by atoms with van der Waals surface area (Å²) in [6.07, 6.45) is 2.97. The van der Waals surface area contributed by atoms with E-state index in [0.717, 1.165) is 0 Å². The molecule has 0 saturated carbocycles. The second kappa shape index (κ2) is 8.76. The van der Waals surface area contributed by atoms with Crippen molar-refractivity contribution < 1.29 is 18.0 Å². The van der Waals surface area contributed by atoms with Crippen LogP contribution in [0.2, 0.25) is 0 Å². The van der Waals surface area contributed by atoms with Crippen LogP contribution < -0.4 is 11.1 Å². The largest absolute Gasteiger partial charge is 0.366 e. The molecule has 1 aromatic heterocycles. The Hall–Kier alpha value is -2.75. The van der Waals surface area contributed by atoms with Crippen molar-refractivity contribution in [2.24, 2.45) is 5.73 Å². The molecular weight excluding hydrogens is 386 g/mol. The average Bonchev–Trinajstić information content (AvgIpc) is 3.10. The van der Waals surface area contributed by atoms with E-state index in [1.807, 2.05) is 0 Å². The molecule has 7 nitrogen and oxygen atoms in total. The summed E-state index contributed by atoms with van der Waals surface area (Å²) in [5, 5.41) is 4.58. The molecule has 2 aromatic rings. The van der Waals surface area contributed by atoms with Crippen molar-refractivity contribution in [1.82, 2.24) is 4.31 Å². The fourth-order valence-electron chi connectivity index (χ4n) is 2.26. The molecular formula is C18H19N3O4S2. The third kappa shape index (κ3) is 4.70. The van der Waals surface area contributed by atoms with Gasteiger partial charge in [-0.2, -0.15) is 4.31 Å². The van der Waals surface area contributed by atoms with Gasteiger partial charge in [0.05, 0.1) is 10.5 Å². The fraction of sp³-hybridized carbons (Fsp3) is 0.111. The van der Waals surface area contributed by atoms with E-state index in [0.29, 0.717) is 5.00 Å². The maximum absolute atomic E-state index is 12.6. The predicted octanol–water partition coefficient (Wildman–Crippen LogP) is 2.46. The lowest BCUT2D eigenvalue weighted by Gasteiger charge is -2.19. The normalized spacial score (nSPS) is 11.1. The maximum atomic E-state index is 12.6. The molecule has 1 heterocycles. The quantitative estimate of drug-likeness (QED) is 0.625. The molecule has 0 aliphatic rings. The highest BCUT2D eigenvalue weighted by molar-refractivity contribution is 7.89. The summed E-state index contributed by atoms with van der Waals surface area (Å²) in [7, 11) is -3.74. The smallest absolute Gasteiger partial charge is 0.256 e. The van der Waals surface area contributed by atoms with Gasteiger partial charge in [0.2, 0.25) is 10.0 Å². The molecule has 0 aliphatic carbocycles.